The molecular formula is C16H21FN6O. The number of rotatable bonds is 4. The summed E-state index contributed by atoms with van der Waals surface area (Å²) in [5.41, 5.74) is 0.746. The van der Waals surface area contributed by atoms with Crippen LogP contribution >= 0.6 is 0 Å². The third-order valence-electron chi connectivity index (χ3n) is 4.21. The van der Waals surface area contributed by atoms with Crippen LogP contribution in [0.2, 0.25) is 0 Å². The minimum Gasteiger partial charge on any atom is -0.340 e. The summed E-state index contributed by atoms with van der Waals surface area (Å²) in [7, 11) is 0. The lowest BCUT2D eigenvalue weighted by Gasteiger charge is -2.26. The van der Waals surface area contributed by atoms with Crippen LogP contribution in [0.4, 0.5) is 4.39 Å². The first-order valence-electron chi connectivity index (χ1n) is 8.13. The monoisotopic (exact) mass is 332 g/mol. The van der Waals surface area contributed by atoms with E-state index in [4.69, 9.17) is 0 Å². The number of benzene rings is 1. The predicted octanol–water partition coefficient (Wildman–Crippen LogP) is 0.726. The van der Waals surface area contributed by atoms with Crippen LogP contribution in [-0.2, 0) is 11.2 Å². The fourth-order valence-electron chi connectivity index (χ4n) is 2.97. The van der Waals surface area contributed by atoms with Gasteiger partial charge in [-0.1, -0.05) is 12.1 Å². The normalized spacial score (nSPS) is 16.7. The van der Waals surface area contributed by atoms with Gasteiger partial charge in [0.1, 0.15) is 17.7 Å². The van der Waals surface area contributed by atoms with E-state index in [9.17, 15) is 9.18 Å². The van der Waals surface area contributed by atoms with Gasteiger partial charge in [0.2, 0.25) is 5.91 Å². The average molecular weight is 332 g/mol. The van der Waals surface area contributed by atoms with Crippen molar-refractivity contribution >= 4 is 5.91 Å². The van der Waals surface area contributed by atoms with Gasteiger partial charge in [-0.05, 0) is 48.0 Å². The number of carbonyl (C=O) groups is 1. The summed E-state index contributed by atoms with van der Waals surface area (Å²) in [5.74, 6) is 0.224. The number of nitrogens with zero attached hydrogens (tertiary/aromatic N) is 5. The van der Waals surface area contributed by atoms with Crippen LogP contribution in [0.1, 0.15) is 23.9 Å². The van der Waals surface area contributed by atoms with Crippen molar-refractivity contribution in [2.75, 3.05) is 26.2 Å². The van der Waals surface area contributed by atoms with Crippen molar-refractivity contribution in [2.24, 2.45) is 0 Å². The Morgan fingerprint density at radius 3 is 3.00 bits per heavy atom. The van der Waals surface area contributed by atoms with Crippen LogP contribution in [0.3, 0.4) is 0 Å². The number of carbonyl (C=O) groups excluding carboxylic acids is 1. The molecule has 8 heteroatoms. The van der Waals surface area contributed by atoms with E-state index < -0.39 is 6.04 Å². The fourth-order valence-corrected chi connectivity index (χ4v) is 2.97. The van der Waals surface area contributed by atoms with Crippen molar-refractivity contribution in [2.45, 2.75) is 25.8 Å². The van der Waals surface area contributed by atoms with Gasteiger partial charge in [0, 0.05) is 26.1 Å². The molecule has 1 fully saturated rings. The zero-order valence-corrected chi connectivity index (χ0v) is 13.7. The third kappa shape index (κ3) is 3.76. The lowest BCUT2D eigenvalue weighted by Crippen LogP contribution is -2.40. The van der Waals surface area contributed by atoms with Gasteiger partial charge in [-0.15, -0.1) is 5.10 Å². The van der Waals surface area contributed by atoms with Gasteiger partial charge >= 0.3 is 0 Å². The van der Waals surface area contributed by atoms with E-state index in [0.717, 1.165) is 25.1 Å². The second-order valence-electron chi connectivity index (χ2n) is 5.95. The lowest BCUT2D eigenvalue weighted by molar-refractivity contribution is -0.135. The van der Waals surface area contributed by atoms with Gasteiger partial charge in [0.25, 0.3) is 0 Å². The number of amides is 1. The molecule has 1 aromatic carbocycles. The highest BCUT2D eigenvalue weighted by molar-refractivity contribution is 5.80. The van der Waals surface area contributed by atoms with Gasteiger partial charge in [-0.3, -0.25) is 4.79 Å². The average Bonchev–Trinajstić information content (AvgIpc) is 2.83. The van der Waals surface area contributed by atoms with Gasteiger partial charge in [-0.2, -0.15) is 0 Å². The van der Waals surface area contributed by atoms with Crippen LogP contribution in [0.25, 0.3) is 0 Å². The Morgan fingerprint density at radius 1 is 1.38 bits per heavy atom. The number of aromatic nitrogens is 4. The topological polar surface area (TPSA) is 75.9 Å². The SMILES string of the molecule is Cc1nnnn1C(Cc1cccc(F)c1)C(=O)N1CCCNCC1. The standard InChI is InChI=1S/C16H21FN6O/c1-12-19-20-21-23(12)15(11-13-4-2-5-14(17)10-13)16(24)22-8-3-6-18-7-9-22/h2,4-5,10,15,18H,3,6-9,11H2,1H3. The molecule has 2 heterocycles. The number of nitrogens with one attached hydrogen (secondary N) is 1. The van der Waals surface area contributed by atoms with Crippen molar-refractivity contribution in [1.82, 2.24) is 30.4 Å². The number of hydrogen-bond acceptors (Lipinski definition) is 5. The summed E-state index contributed by atoms with van der Waals surface area (Å²) in [6, 6.07) is 5.73. The molecule has 1 aromatic heterocycles. The van der Waals surface area contributed by atoms with Crippen LogP contribution in [0.15, 0.2) is 24.3 Å². The van der Waals surface area contributed by atoms with Gasteiger partial charge in [0.15, 0.2) is 0 Å². The van der Waals surface area contributed by atoms with E-state index >= 15 is 0 Å². The van der Waals surface area contributed by atoms with Crippen molar-refractivity contribution in [3.05, 3.63) is 41.5 Å². The van der Waals surface area contributed by atoms with E-state index in [2.05, 4.69) is 20.8 Å². The Labute approximate surface area is 139 Å². The second-order valence-corrected chi connectivity index (χ2v) is 5.95. The zero-order chi connectivity index (χ0) is 16.9. The number of halogens is 1. The molecule has 1 N–H and O–H groups in total. The highest BCUT2D eigenvalue weighted by atomic mass is 19.1. The summed E-state index contributed by atoms with van der Waals surface area (Å²) < 4.78 is 15.0. The third-order valence-corrected chi connectivity index (χ3v) is 4.21. The quantitative estimate of drug-likeness (QED) is 0.893. The second kappa shape index (κ2) is 7.48. The van der Waals surface area contributed by atoms with Gasteiger partial charge in [0.05, 0.1) is 0 Å². The van der Waals surface area contributed by atoms with Crippen molar-refractivity contribution < 1.29 is 9.18 Å². The number of hydrogen-bond donors (Lipinski definition) is 1. The number of tetrazole rings is 1. The zero-order valence-electron chi connectivity index (χ0n) is 13.7. The summed E-state index contributed by atoms with van der Waals surface area (Å²) in [6.07, 6.45) is 1.26. The summed E-state index contributed by atoms with van der Waals surface area (Å²) in [4.78, 5) is 14.9. The molecule has 7 nitrogen and oxygen atoms in total. The lowest BCUT2D eigenvalue weighted by atomic mass is 10.0. The Bertz CT molecular complexity index is 695. The molecule has 0 aliphatic carbocycles. The highest BCUT2D eigenvalue weighted by Crippen LogP contribution is 2.19. The fraction of sp³-hybridized carbons (Fsp3) is 0.500. The van der Waals surface area contributed by atoms with Crippen LogP contribution in [0, 0.1) is 12.7 Å². The maximum Gasteiger partial charge on any atom is 0.247 e. The van der Waals surface area contributed by atoms with E-state index in [-0.39, 0.29) is 11.7 Å². The maximum atomic E-state index is 13.5. The Kier molecular flexibility index (Phi) is 5.14. The minimum absolute atomic E-state index is 0.0293. The molecule has 1 aliphatic heterocycles. The first-order chi connectivity index (χ1) is 11.6. The molecule has 0 spiro atoms. The Hall–Kier alpha value is -2.35. The molecular weight excluding hydrogens is 311 g/mol. The largest absolute Gasteiger partial charge is 0.340 e. The molecule has 24 heavy (non-hydrogen) atoms. The highest BCUT2D eigenvalue weighted by Gasteiger charge is 2.29. The molecule has 0 saturated carbocycles. The molecule has 0 bridgehead atoms. The smallest absolute Gasteiger partial charge is 0.247 e. The van der Waals surface area contributed by atoms with Gasteiger partial charge < -0.3 is 10.2 Å². The summed E-state index contributed by atoms with van der Waals surface area (Å²) in [5, 5.41) is 14.8. The van der Waals surface area contributed by atoms with E-state index in [1.165, 1.54) is 16.8 Å². The molecule has 0 radical (unpaired) electrons. The molecule has 3 rings (SSSR count). The Morgan fingerprint density at radius 2 is 2.25 bits per heavy atom. The van der Waals surface area contributed by atoms with E-state index in [1.807, 2.05) is 11.0 Å². The van der Waals surface area contributed by atoms with E-state index in [0.29, 0.717) is 25.3 Å². The number of aryl methyl sites for hydroxylation is 1. The molecule has 1 unspecified atom stereocenters. The van der Waals surface area contributed by atoms with Crippen molar-refractivity contribution in [1.29, 1.82) is 0 Å². The first kappa shape index (κ1) is 16.5. The van der Waals surface area contributed by atoms with Crippen LogP contribution < -0.4 is 5.32 Å². The van der Waals surface area contributed by atoms with Gasteiger partial charge in [-0.25, -0.2) is 9.07 Å². The molecule has 2 aromatic rings. The molecule has 1 atom stereocenters. The maximum absolute atomic E-state index is 13.5. The Balaban J connectivity index is 1.87. The first-order valence-corrected chi connectivity index (χ1v) is 8.13. The van der Waals surface area contributed by atoms with Crippen LogP contribution in [-0.4, -0.2) is 57.2 Å². The van der Waals surface area contributed by atoms with E-state index in [1.54, 1.807) is 13.0 Å². The molecule has 1 saturated heterocycles. The van der Waals surface area contributed by atoms with Crippen LogP contribution in [0.5, 0.6) is 0 Å². The van der Waals surface area contributed by atoms with Crippen molar-refractivity contribution in [3.8, 4) is 0 Å². The summed E-state index contributed by atoms with van der Waals surface area (Å²) in [6.45, 7) is 4.79. The summed E-state index contributed by atoms with van der Waals surface area (Å²) >= 11 is 0. The predicted molar refractivity (Wildman–Crippen MR) is 85.8 cm³/mol. The van der Waals surface area contributed by atoms with Crippen molar-refractivity contribution in [3.63, 3.8) is 0 Å². The minimum atomic E-state index is -0.570. The molecule has 1 amide bonds. The molecule has 1 aliphatic rings. The molecule has 128 valence electrons.